The molecule has 0 aromatic heterocycles. The molecule has 0 saturated carbocycles. The first-order valence-corrected chi connectivity index (χ1v) is 8.35. The van der Waals surface area contributed by atoms with E-state index >= 15 is 0 Å². The number of amides is 1. The van der Waals surface area contributed by atoms with E-state index in [0.29, 0.717) is 13.0 Å². The summed E-state index contributed by atoms with van der Waals surface area (Å²) in [6, 6.07) is 9.60. The van der Waals surface area contributed by atoms with Crippen LogP contribution in [-0.4, -0.2) is 48.0 Å². The molecule has 1 aromatic rings. The molecule has 1 amide bonds. The van der Waals surface area contributed by atoms with Crippen LogP contribution in [0.15, 0.2) is 30.3 Å². The summed E-state index contributed by atoms with van der Waals surface area (Å²) >= 11 is 1.54. The van der Waals surface area contributed by atoms with Crippen molar-refractivity contribution >= 4 is 23.6 Å². The number of rotatable bonds is 5. The van der Waals surface area contributed by atoms with Gasteiger partial charge in [-0.1, -0.05) is 37.3 Å². The van der Waals surface area contributed by atoms with Gasteiger partial charge in [0, 0.05) is 12.5 Å². The Labute approximate surface area is 129 Å². The zero-order valence-electron chi connectivity index (χ0n) is 12.6. The van der Waals surface area contributed by atoms with Crippen LogP contribution in [0.4, 0.5) is 0 Å². The molecule has 1 fully saturated rings. The highest BCUT2D eigenvalue weighted by Crippen LogP contribution is 2.31. The average molecular weight is 307 g/mol. The highest BCUT2D eigenvalue weighted by atomic mass is 32.2. The van der Waals surface area contributed by atoms with E-state index in [9.17, 15) is 9.59 Å². The zero-order valence-corrected chi connectivity index (χ0v) is 13.4. The number of carbonyl (C=O) groups excluding carboxylic acids is 2. The Morgan fingerprint density at radius 2 is 2.00 bits per heavy atom. The van der Waals surface area contributed by atoms with Crippen molar-refractivity contribution in [2.24, 2.45) is 0 Å². The first-order chi connectivity index (χ1) is 10.1. The topological polar surface area (TPSA) is 46.6 Å². The molecule has 114 valence electrons. The van der Waals surface area contributed by atoms with Crippen LogP contribution in [0.3, 0.4) is 0 Å². The molecule has 1 aromatic carbocycles. The van der Waals surface area contributed by atoms with Crippen molar-refractivity contribution in [2.75, 3.05) is 19.9 Å². The third kappa shape index (κ3) is 3.23. The number of nitrogens with zero attached hydrogens (tertiary/aromatic N) is 1. The molecule has 1 heterocycles. The highest BCUT2D eigenvalue weighted by molar-refractivity contribution is 8.00. The molecule has 2 rings (SSSR count). The molecule has 0 aliphatic carbocycles. The number of ether oxygens (including phenoxy) is 1. The van der Waals surface area contributed by atoms with Crippen molar-refractivity contribution in [3.05, 3.63) is 35.9 Å². The van der Waals surface area contributed by atoms with E-state index in [0.717, 1.165) is 5.56 Å². The van der Waals surface area contributed by atoms with Crippen molar-refractivity contribution in [3.63, 3.8) is 0 Å². The molecule has 0 N–H and O–H groups in total. The van der Waals surface area contributed by atoms with Gasteiger partial charge in [0.2, 0.25) is 5.91 Å². The molecular formula is C16H21NO3S. The highest BCUT2D eigenvalue weighted by Gasteiger charge is 2.42. The molecule has 5 heteroatoms. The molecule has 0 bridgehead atoms. The van der Waals surface area contributed by atoms with Crippen molar-refractivity contribution in [3.8, 4) is 0 Å². The van der Waals surface area contributed by atoms with Crippen molar-refractivity contribution in [1.29, 1.82) is 0 Å². The molecule has 21 heavy (non-hydrogen) atoms. The molecule has 3 unspecified atom stereocenters. The number of carbonyl (C=O) groups is 2. The summed E-state index contributed by atoms with van der Waals surface area (Å²) in [4.78, 5) is 26.0. The van der Waals surface area contributed by atoms with Gasteiger partial charge >= 0.3 is 5.97 Å². The lowest BCUT2D eigenvalue weighted by molar-refractivity contribution is -0.159. The molecule has 1 aliphatic rings. The number of esters is 1. The van der Waals surface area contributed by atoms with Crippen LogP contribution in [0.1, 0.15) is 24.8 Å². The smallest absolute Gasteiger partial charge is 0.328 e. The Bertz CT molecular complexity index is 506. The lowest BCUT2D eigenvalue weighted by Gasteiger charge is -2.41. The van der Waals surface area contributed by atoms with Gasteiger partial charge in [0.05, 0.1) is 12.4 Å². The van der Waals surface area contributed by atoms with Gasteiger partial charge in [-0.05, 0) is 18.2 Å². The summed E-state index contributed by atoms with van der Waals surface area (Å²) in [5.41, 5.74) is 1.14. The van der Waals surface area contributed by atoms with Gasteiger partial charge < -0.3 is 9.64 Å². The summed E-state index contributed by atoms with van der Waals surface area (Å²) in [6.45, 7) is 2.69. The number of thioether (sulfide) groups is 1. The maximum Gasteiger partial charge on any atom is 0.328 e. The van der Waals surface area contributed by atoms with Gasteiger partial charge in [-0.2, -0.15) is 11.8 Å². The van der Waals surface area contributed by atoms with Crippen LogP contribution in [-0.2, 0) is 14.3 Å². The minimum atomic E-state index is -0.403. The Balaban J connectivity index is 2.10. The van der Waals surface area contributed by atoms with E-state index in [4.69, 9.17) is 4.74 Å². The minimum Gasteiger partial charge on any atom is -0.467 e. The Morgan fingerprint density at radius 1 is 1.33 bits per heavy atom. The lowest BCUT2D eigenvalue weighted by Crippen LogP contribution is -2.58. The normalized spacial score (nSPS) is 20.3. The van der Waals surface area contributed by atoms with E-state index in [1.165, 1.54) is 18.9 Å². The number of hydrogen-bond donors (Lipinski definition) is 0. The van der Waals surface area contributed by atoms with E-state index < -0.39 is 6.04 Å². The van der Waals surface area contributed by atoms with Crippen LogP contribution >= 0.6 is 11.8 Å². The predicted octanol–water partition coefficient (Wildman–Crippen LogP) is 2.30. The van der Waals surface area contributed by atoms with Gasteiger partial charge in [0.15, 0.2) is 0 Å². The average Bonchev–Trinajstić information content (AvgIpc) is 2.47. The van der Waals surface area contributed by atoms with E-state index in [-0.39, 0.29) is 23.0 Å². The summed E-state index contributed by atoms with van der Waals surface area (Å²) in [7, 11) is 1.36. The second kappa shape index (κ2) is 6.98. The van der Waals surface area contributed by atoms with Gasteiger partial charge in [-0.3, -0.25) is 4.79 Å². The summed E-state index contributed by atoms with van der Waals surface area (Å²) < 4.78 is 4.75. The number of benzene rings is 1. The lowest BCUT2D eigenvalue weighted by atomic mass is 9.94. The summed E-state index contributed by atoms with van der Waals surface area (Å²) in [6.07, 6.45) is 2.63. The fraction of sp³-hybridized carbons (Fsp3) is 0.500. The Hall–Kier alpha value is -1.49. The molecule has 1 saturated heterocycles. The van der Waals surface area contributed by atoms with Gasteiger partial charge in [0.1, 0.15) is 6.04 Å². The van der Waals surface area contributed by atoms with Crippen LogP contribution in [0.2, 0.25) is 0 Å². The molecule has 0 spiro atoms. The maximum atomic E-state index is 12.7. The van der Waals surface area contributed by atoms with Crippen molar-refractivity contribution in [2.45, 2.75) is 30.6 Å². The van der Waals surface area contributed by atoms with Crippen LogP contribution < -0.4 is 0 Å². The third-order valence-corrected chi connectivity index (χ3v) is 5.17. The quantitative estimate of drug-likeness (QED) is 0.783. The first-order valence-electron chi connectivity index (χ1n) is 7.06. The van der Waals surface area contributed by atoms with E-state index in [1.807, 2.05) is 36.6 Å². The molecule has 3 atom stereocenters. The molecule has 0 radical (unpaired) electrons. The second-order valence-corrected chi connectivity index (χ2v) is 6.19. The van der Waals surface area contributed by atoms with Crippen LogP contribution in [0.5, 0.6) is 0 Å². The Kier molecular flexibility index (Phi) is 5.28. The monoisotopic (exact) mass is 307 g/mol. The van der Waals surface area contributed by atoms with Crippen molar-refractivity contribution < 1.29 is 14.3 Å². The second-order valence-electron chi connectivity index (χ2n) is 5.21. The first kappa shape index (κ1) is 15.9. The number of methoxy groups -OCH3 is 1. The third-order valence-electron chi connectivity index (χ3n) is 4.05. The predicted molar refractivity (Wildman–Crippen MR) is 84.3 cm³/mol. The van der Waals surface area contributed by atoms with Gasteiger partial charge in [-0.25, -0.2) is 4.79 Å². The number of likely N-dealkylation sites (tertiary alicyclic amines) is 1. The zero-order chi connectivity index (χ0) is 15.4. The summed E-state index contributed by atoms with van der Waals surface area (Å²) in [5, 5.41) is -0.181. The Morgan fingerprint density at radius 3 is 2.48 bits per heavy atom. The fourth-order valence-electron chi connectivity index (χ4n) is 2.65. The fourth-order valence-corrected chi connectivity index (χ4v) is 3.55. The van der Waals surface area contributed by atoms with Crippen LogP contribution in [0.25, 0.3) is 0 Å². The SMILES string of the molecule is COC(=O)C1CCN1C(=O)C(SC)C(C)c1ccccc1. The minimum absolute atomic E-state index is 0.0282. The van der Waals surface area contributed by atoms with Gasteiger partial charge in [0.25, 0.3) is 0 Å². The number of hydrogen-bond acceptors (Lipinski definition) is 4. The van der Waals surface area contributed by atoms with E-state index in [2.05, 4.69) is 6.92 Å². The molecular weight excluding hydrogens is 286 g/mol. The van der Waals surface area contributed by atoms with Gasteiger partial charge in [-0.15, -0.1) is 0 Å². The molecule has 4 nitrogen and oxygen atoms in total. The largest absolute Gasteiger partial charge is 0.467 e. The van der Waals surface area contributed by atoms with Crippen molar-refractivity contribution in [1.82, 2.24) is 4.90 Å². The molecule has 1 aliphatic heterocycles. The maximum absolute atomic E-state index is 12.7. The summed E-state index contributed by atoms with van der Waals surface area (Å²) in [5.74, 6) is -0.185. The van der Waals surface area contributed by atoms with E-state index in [1.54, 1.807) is 4.90 Å². The standard InChI is InChI=1S/C16H21NO3S/c1-11(12-7-5-4-6-8-12)14(21-3)15(18)17-10-9-13(17)16(19)20-2/h4-8,11,13-14H,9-10H2,1-3H3. The van der Waals surface area contributed by atoms with Crippen LogP contribution in [0, 0.1) is 0 Å².